The lowest BCUT2D eigenvalue weighted by atomic mass is 10.2. The molecule has 0 aliphatic rings. The van der Waals surface area contributed by atoms with E-state index in [-0.39, 0.29) is 17.4 Å². The van der Waals surface area contributed by atoms with Crippen molar-refractivity contribution in [3.05, 3.63) is 64.2 Å². The Balaban J connectivity index is 1.84. The number of nitro benzene ring substituents is 1. The maximum Gasteiger partial charge on any atom is 0.269 e. The van der Waals surface area contributed by atoms with Crippen LogP contribution in [-0.2, 0) is 4.79 Å². The maximum absolute atomic E-state index is 11.8. The van der Waals surface area contributed by atoms with Gasteiger partial charge in [-0.25, -0.2) is 0 Å². The van der Waals surface area contributed by atoms with Gasteiger partial charge in [0.05, 0.1) is 16.2 Å². The summed E-state index contributed by atoms with van der Waals surface area (Å²) in [6, 6.07) is 14.1. The number of nitro groups is 1. The largest absolute Gasteiger partial charge is 0.484 e. The molecule has 2 aromatic carbocycles. The number of anilines is 1. The molecule has 25 heavy (non-hydrogen) atoms. The van der Waals surface area contributed by atoms with Crippen LogP contribution in [0.4, 0.5) is 11.4 Å². The molecule has 126 valence electrons. The van der Waals surface area contributed by atoms with Gasteiger partial charge >= 0.3 is 0 Å². The molecule has 0 heterocycles. The van der Waals surface area contributed by atoms with Crippen LogP contribution in [-0.4, -0.2) is 22.5 Å². The first-order chi connectivity index (χ1) is 12.0. The number of ether oxygens (including phenoxy) is 1. The van der Waals surface area contributed by atoms with E-state index in [1.807, 2.05) is 6.07 Å². The minimum Gasteiger partial charge on any atom is -0.484 e. The van der Waals surface area contributed by atoms with E-state index in [0.29, 0.717) is 17.0 Å². The number of hydrogen-bond donors (Lipinski definition) is 2. The summed E-state index contributed by atoms with van der Waals surface area (Å²) in [7, 11) is 0. The third kappa shape index (κ3) is 5.26. The summed E-state index contributed by atoms with van der Waals surface area (Å²) in [5, 5.41) is 24.8. The first kappa shape index (κ1) is 17.8. The highest BCUT2D eigenvalue weighted by atomic mass is 32.1. The topological polar surface area (TPSA) is 117 Å². The van der Waals surface area contributed by atoms with Gasteiger partial charge in [-0.2, -0.15) is 5.26 Å². The Morgan fingerprint density at radius 2 is 1.92 bits per heavy atom. The minimum absolute atomic E-state index is 0.0278. The third-order valence-electron chi connectivity index (χ3n) is 2.97. The molecule has 0 saturated heterocycles. The zero-order valence-corrected chi connectivity index (χ0v) is 13.6. The number of carbonyl (C=O) groups is 1. The molecule has 0 unspecified atom stereocenters. The summed E-state index contributed by atoms with van der Waals surface area (Å²) in [5.74, 6) is -0.195. The van der Waals surface area contributed by atoms with E-state index in [1.165, 1.54) is 24.3 Å². The van der Waals surface area contributed by atoms with Crippen molar-refractivity contribution in [1.29, 1.82) is 5.26 Å². The molecule has 0 aromatic heterocycles. The van der Waals surface area contributed by atoms with Crippen molar-refractivity contribution in [2.45, 2.75) is 0 Å². The van der Waals surface area contributed by atoms with Crippen molar-refractivity contribution in [3.63, 3.8) is 0 Å². The molecule has 0 saturated carbocycles. The van der Waals surface area contributed by atoms with Crippen molar-refractivity contribution in [2.75, 3.05) is 11.9 Å². The average Bonchev–Trinajstić information content (AvgIpc) is 2.60. The minimum atomic E-state index is -0.528. The van der Waals surface area contributed by atoms with E-state index in [9.17, 15) is 14.9 Å². The van der Waals surface area contributed by atoms with Crippen LogP contribution in [0.25, 0.3) is 0 Å². The van der Waals surface area contributed by atoms with Gasteiger partial charge in [0.1, 0.15) is 11.8 Å². The molecule has 0 aliphatic carbocycles. The molecule has 0 spiro atoms. The van der Waals surface area contributed by atoms with Crippen molar-refractivity contribution >= 4 is 34.6 Å². The molecule has 0 atom stereocenters. The predicted molar refractivity (Wildman–Crippen MR) is 94.1 cm³/mol. The highest BCUT2D eigenvalue weighted by Crippen LogP contribution is 2.17. The van der Waals surface area contributed by atoms with Crippen LogP contribution >= 0.6 is 12.2 Å². The van der Waals surface area contributed by atoms with Crippen molar-refractivity contribution in [2.24, 2.45) is 0 Å². The van der Waals surface area contributed by atoms with Crippen LogP contribution in [0.2, 0.25) is 0 Å². The lowest BCUT2D eigenvalue weighted by molar-refractivity contribution is -0.384. The number of rotatable bonds is 5. The lowest BCUT2D eigenvalue weighted by Crippen LogP contribution is -2.37. The van der Waals surface area contributed by atoms with E-state index in [0.717, 1.165) is 0 Å². The van der Waals surface area contributed by atoms with Gasteiger partial charge in [0.2, 0.25) is 0 Å². The van der Waals surface area contributed by atoms with Gasteiger partial charge in [-0.15, -0.1) is 0 Å². The summed E-state index contributed by atoms with van der Waals surface area (Å²) >= 11 is 5.01. The number of nitrogens with zero attached hydrogens (tertiary/aromatic N) is 2. The standard InChI is InChI=1S/C16H12N4O4S/c17-9-11-3-1-2-4-14(11)18-16(25)19-15(21)10-24-13-7-5-12(6-8-13)20(22)23/h1-8H,10H2,(H2,18,19,21,25). The van der Waals surface area contributed by atoms with E-state index >= 15 is 0 Å². The Morgan fingerprint density at radius 3 is 2.56 bits per heavy atom. The molecular weight excluding hydrogens is 344 g/mol. The van der Waals surface area contributed by atoms with E-state index in [2.05, 4.69) is 10.6 Å². The first-order valence-electron chi connectivity index (χ1n) is 6.97. The quantitative estimate of drug-likeness (QED) is 0.480. The molecule has 2 N–H and O–H groups in total. The smallest absolute Gasteiger partial charge is 0.269 e. The molecule has 1 amide bonds. The summed E-state index contributed by atoms with van der Waals surface area (Å²) in [6.45, 7) is -0.320. The Morgan fingerprint density at radius 1 is 1.24 bits per heavy atom. The van der Waals surface area contributed by atoms with Crippen LogP contribution in [0.1, 0.15) is 5.56 Å². The molecule has 0 radical (unpaired) electrons. The fraction of sp³-hybridized carbons (Fsp3) is 0.0625. The van der Waals surface area contributed by atoms with Crippen molar-refractivity contribution in [1.82, 2.24) is 5.32 Å². The van der Waals surface area contributed by atoms with E-state index in [1.54, 1.807) is 24.3 Å². The number of benzene rings is 2. The highest BCUT2D eigenvalue weighted by molar-refractivity contribution is 7.80. The molecule has 8 nitrogen and oxygen atoms in total. The second-order valence-corrected chi connectivity index (χ2v) is 5.11. The average molecular weight is 356 g/mol. The Bertz CT molecular complexity index is 846. The van der Waals surface area contributed by atoms with Gasteiger partial charge in [-0.1, -0.05) is 12.1 Å². The Hall–Kier alpha value is -3.51. The SMILES string of the molecule is N#Cc1ccccc1NC(=S)NC(=O)COc1ccc([N+](=O)[O-])cc1. The second kappa shape index (κ2) is 8.37. The van der Waals surface area contributed by atoms with Gasteiger partial charge in [-0.3, -0.25) is 20.2 Å². The van der Waals surface area contributed by atoms with Gasteiger partial charge in [0.15, 0.2) is 11.7 Å². The number of thiocarbonyl (C=S) groups is 1. The summed E-state index contributed by atoms with van der Waals surface area (Å²) in [6.07, 6.45) is 0. The third-order valence-corrected chi connectivity index (χ3v) is 3.17. The summed E-state index contributed by atoms with van der Waals surface area (Å²) < 4.78 is 5.22. The van der Waals surface area contributed by atoms with Crippen LogP contribution in [0, 0.1) is 21.4 Å². The molecule has 0 aliphatic heterocycles. The number of amides is 1. The first-order valence-corrected chi connectivity index (χ1v) is 7.37. The molecule has 2 rings (SSSR count). The maximum atomic E-state index is 11.8. The van der Waals surface area contributed by atoms with Crippen LogP contribution in [0.5, 0.6) is 5.75 Å². The molecular formula is C16H12N4O4S. The monoisotopic (exact) mass is 356 g/mol. The Labute approximate surface area is 148 Å². The van der Waals surface area contributed by atoms with Crippen molar-refractivity contribution in [3.8, 4) is 11.8 Å². The van der Waals surface area contributed by atoms with E-state index in [4.69, 9.17) is 22.2 Å². The fourth-order valence-corrected chi connectivity index (χ4v) is 2.04. The fourth-order valence-electron chi connectivity index (χ4n) is 1.82. The lowest BCUT2D eigenvalue weighted by Gasteiger charge is -2.11. The number of carbonyl (C=O) groups excluding carboxylic acids is 1. The van der Waals surface area contributed by atoms with Gasteiger partial charge in [-0.05, 0) is 36.5 Å². The summed E-state index contributed by atoms with van der Waals surface area (Å²) in [5.41, 5.74) is 0.797. The number of nitrogens with one attached hydrogen (secondary N) is 2. The molecule has 0 bridgehead atoms. The number of non-ortho nitro benzene ring substituents is 1. The number of hydrogen-bond acceptors (Lipinski definition) is 6. The van der Waals surface area contributed by atoms with Gasteiger partial charge < -0.3 is 10.1 Å². The Kier molecular flexibility index (Phi) is 5.97. The van der Waals surface area contributed by atoms with Crippen LogP contribution < -0.4 is 15.4 Å². The van der Waals surface area contributed by atoms with Crippen LogP contribution in [0.3, 0.4) is 0 Å². The normalized spacial score (nSPS) is 9.56. The predicted octanol–water partition coefficient (Wildman–Crippen LogP) is 2.36. The van der Waals surface area contributed by atoms with Crippen LogP contribution in [0.15, 0.2) is 48.5 Å². The van der Waals surface area contributed by atoms with Crippen molar-refractivity contribution < 1.29 is 14.5 Å². The number of para-hydroxylation sites is 1. The summed E-state index contributed by atoms with van der Waals surface area (Å²) in [4.78, 5) is 21.8. The zero-order chi connectivity index (χ0) is 18.2. The molecule has 0 fully saturated rings. The van der Waals surface area contributed by atoms with Gasteiger partial charge in [0, 0.05) is 12.1 Å². The molecule has 9 heteroatoms. The zero-order valence-electron chi connectivity index (χ0n) is 12.8. The second-order valence-electron chi connectivity index (χ2n) is 4.70. The molecule has 2 aromatic rings. The highest BCUT2D eigenvalue weighted by Gasteiger charge is 2.09. The number of nitriles is 1. The van der Waals surface area contributed by atoms with Gasteiger partial charge in [0.25, 0.3) is 11.6 Å². The van der Waals surface area contributed by atoms with E-state index < -0.39 is 10.8 Å².